The van der Waals surface area contributed by atoms with Gasteiger partial charge in [-0.3, -0.25) is 4.79 Å². The lowest BCUT2D eigenvalue weighted by Crippen LogP contribution is -2.19. The first-order valence-corrected chi connectivity index (χ1v) is 12.2. The van der Waals surface area contributed by atoms with Crippen molar-refractivity contribution in [2.45, 2.75) is 20.5 Å². The summed E-state index contributed by atoms with van der Waals surface area (Å²) in [7, 11) is 0. The van der Waals surface area contributed by atoms with Gasteiger partial charge in [0.2, 0.25) is 0 Å². The summed E-state index contributed by atoms with van der Waals surface area (Å²) in [5, 5.41) is 3.32. The predicted octanol–water partition coefficient (Wildman–Crippen LogP) is 6.77. The van der Waals surface area contributed by atoms with Crippen LogP contribution in [0.3, 0.4) is 0 Å². The molecule has 0 atom stereocenters. The highest BCUT2D eigenvalue weighted by Gasteiger charge is 2.24. The van der Waals surface area contributed by atoms with Crippen LogP contribution in [0.2, 0.25) is 0 Å². The second-order valence-electron chi connectivity index (χ2n) is 7.46. The van der Waals surface area contributed by atoms with E-state index in [0.717, 1.165) is 16.8 Å². The molecular weight excluding hydrogens is 519 g/mol. The number of carbonyl (C=O) groups excluding carboxylic acids is 1. The maximum absolute atomic E-state index is 14.0. The Labute approximate surface area is 210 Å². The average molecular weight is 541 g/mol. The number of hydrogen-bond acceptors (Lipinski definition) is 5. The fourth-order valence-electron chi connectivity index (χ4n) is 3.21. The minimum absolute atomic E-state index is 0.0584. The Kier molecular flexibility index (Phi) is 7.70. The smallest absolute Gasteiger partial charge is 0.264 e. The van der Waals surface area contributed by atoms with Crippen LogP contribution in [0.5, 0.6) is 11.5 Å². The van der Waals surface area contributed by atoms with E-state index in [1.807, 2.05) is 44.2 Å². The highest BCUT2D eigenvalue weighted by molar-refractivity contribution is 9.10. The number of amidine groups is 1. The van der Waals surface area contributed by atoms with Crippen molar-refractivity contribution in [3.05, 3.63) is 92.5 Å². The fourth-order valence-corrected chi connectivity index (χ4v) is 4.62. The molecule has 0 aliphatic carbocycles. The maximum atomic E-state index is 14.0. The lowest BCUT2D eigenvalue weighted by Gasteiger charge is -2.15. The summed E-state index contributed by atoms with van der Waals surface area (Å²) in [6, 6.07) is 17.8. The molecule has 0 aromatic heterocycles. The first-order chi connectivity index (χ1) is 16.4. The molecular formula is C26H22BrFN2O3S. The van der Waals surface area contributed by atoms with Gasteiger partial charge in [-0.2, -0.15) is 0 Å². The Morgan fingerprint density at radius 3 is 2.62 bits per heavy atom. The van der Waals surface area contributed by atoms with Crippen molar-refractivity contribution in [1.82, 2.24) is 5.32 Å². The normalized spacial score (nSPS) is 15.6. The number of nitrogens with one attached hydrogen (secondary N) is 1. The van der Waals surface area contributed by atoms with Crippen LogP contribution in [0, 0.1) is 12.7 Å². The van der Waals surface area contributed by atoms with Gasteiger partial charge < -0.3 is 14.8 Å². The molecule has 1 amide bonds. The molecule has 0 radical (unpaired) electrons. The van der Waals surface area contributed by atoms with Gasteiger partial charge >= 0.3 is 0 Å². The van der Waals surface area contributed by atoms with E-state index in [1.165, 1.54) is 17.8 Å². The van der Waals surface area contributed by atoms with E-state index in [1.54, 1.807) is 30.3 Å². The Hall–Kier alpha value is -3.10. The number of carbonyl (C=O) groups is 1. The van der Waals surface area contributed by atoms with Gasteiger partial charge in [0.15, 0.2) is 16.7 Å². The summed E-state index contributed by atoms with van der Waals surface area (Å²) in [5.74, 6) is 0.421. The van der Waals surface area contributed by atoms with Gasteiger partial charge in [-0.25, -0.2) is 9.38 Å². The standard InChI is InChI=1S/C26H22BrFN2O3S/c1-3-32-22-13-17(12-20(27)24(22)33-15-18-6-4-5-7-21(18)28)14-23-25(31)30-26(34-23)29-19-10-8-16(2)9-11-19/h4-14H,3,15H2,1-2H3,(H,29,30,31)/b23-14-. The van der Waals surface area contributed by atoms with Gasteiger partial charge in [-0.15, -0.1) is 0 Å². The van der Waals surface area contributed by atoms with Gasteiger partial charge in [0.05, 0.1) is 21.7 Å². The highest BCUT2D eigenvalue weighted by atomic mass is 79.9. The number of ether oxygens (including phenoxy) is 2. The van der Waals surface area contributed by atoms with Crippen molar-refractivity contribution >= 4 is 50.5 Å². The first kappa shape index (κ1) is 24.0. The van der Waals surface area contributed by atoms with Crippen molar-refractivity contribution in [3.8, 4) is 11.5 Å². The van der Waals surface area contributed by atoms with Crippen LogP contribution >= 0.6 is 27.7 Å². The molecule has 5 nitrogen and oxygen atoms in total. The van der Waals surface area contributed by atoms with Gasteiger partial charge in [0.25, 0.3) is 5.91 Å². The van der Waals surface area contributed by atoms with Gasteiger partial charge in [-0.05, 0) is 83.5 Å². The fraction of sp³-hybridized carbons (Fsp3) is 0.154. The lowest BCUT2D eigenvalue weighted by atomic mass is 10.1. The summed E-state index contributed by atoms with van der Waals surface area (Å²) in [6.07, 6.45) is 1.77. The van der Waals surface area contributed by atoms with E-state index < -0.39 is 0 Å². The van der Waals surface area contributed by atoms with Crippen LogP contribution in [-0.2, 0) is 11.4 Å². The number of benzene rings is 3. The molecule has 0 saturated carbocycles. The van der Waals surface area contributed by atoms with Crippen LogP contribution in [0.15, 0.2) is 75.0 Å². The van der Waals surface area contributed by atoms with Crippen LogP contribution in [0.1, 0.15) is 23.6 Å². The lowest BCUT2D eigenvalue weighted by molar-refractivity contribution is -0.115. The molecule has 1 saturated heterocycles. The summed E-state index contributed by atoms with van der Waals surface area (Å²) in [6.45, 7) is 4.36. The third-order valence-corrected chi connectivity index (χ3v) is 6.37. The Bertz CT molecular complexity index is 1280. The molecule has 1 aliphatic heterocycles. The van der Waals surface area contributed by atoms with Crippen LogP contribution in [0.4, 0.5) is 10.1 Å². The average Bonchev–Trinajstić information content (AvgIpc) is 3.14. The number of aliphatic imine (C=N–C) groups is 1. The number of halogens is 2. The molecule has 1 heterocycles. The quantitative estimate of drug-likeness (QED) is 0.336. The van der Waals surface area contributed by atoms with Crippen molar-refractivity contribution in [1.29, 1.82) is 0 Å². The Balaban J connectivity index is 1.56. The van der Waals surface area contributed by atoms with E-state index in [9.17, 15) is 9.18 Å². The molecule has 174 valence electrons. The van der Waals surface area contributed by atoms with Crippen molar-refractivity contribution in [2.24, 2.45) is 4.99 Å². The second-order valence-corrected chi connectivity index (χ2v) is 9.35. The summed E-state index contributed by atoms with van der Waals surface area (Å²) >= 11 is 4.80. The predicted molar refractivity (Wildman–Crippen MR) is 138 cm³/mol. The van der Waals surface area contributed by atoms with Gasteiger partial charge in [0, 0.05) is 5.56 Å². The first-order valence-electron chi connectivity index (χ1n) is 10.6. The molecule has 1 N–H and O–H groups in total. The molecule has 1 aliphatic rings. The van der Waals surface area contributed by atoms with Crippen LogP contribution < -0.4 is 14.8 Å². The number of aryl methyl sites for hydroxylation is 1. The summed E-state index contributed by atoms with van der Waals surface area (Å²) in [5.41, 5.74) is 3.11. The van der Waals surface area contributed by atoms with Crippen LogP contribution in [-0.4, -0.2) is 17.7 Å². The van der Waals surface area contributed by atoms with Gasteiger partial charge in [-0.1, -0.05) is 35.9 Å². The highest BCUT2D eigenvalue weighted by Crippen LogP contribution is 2.39. The summed E-state index contributed by atoms with van der Waals surface area (Å²) in [4.78, 5) is 17.5. The van der Waals surface area contributed by atoms with Crippen molar-refractivity contribution in [2.75, 3.05) is 6.61 Å². The van der Waals surface area contributed by atoms with Crippen molar-refractivity contribution in [3.63, 3.8) is 0 Å². The van der Waals surface area contributed by atoms with Crippen LogP contribution in [0.25, 0.3) is 6.08 Å². The zero-order valence-corrected chi connectivity index (χ0v) is 21.0. The third kappa shape index (κ3) is 5.87. The van der Waals surface area contributed by atoms with E-state index in [-0.39, 0.29) is 18.3 Å². The minimum Gasteiger partial charge on any atom is -0.490 e. The maximum Gasteiger partial charge on any atom is 0.264 e. The van der Waals surface area contributed by atoms with E-state index in [0.29, 0.717) is 38.2 Å². The number of hydrogen-bond donors (Lipinski definition) is 1. The SMILES string of the molecule is CCOc1cc(/C=C2\SC(=Nc3ccc(C)cc3)NC2=O)cc(Br)c1OCc1ccccc1F. The molecule has 1 fully saturated rings. The molecule has 3 aromatic carbocycles. The molecule has 8 heteroatoms. The minimum atomic E-state index is -0.328. The summed E-state index contributed by atoms with van der Waals surface area (Å²) < 4.78 is 26.3. The van der Waals surface area contributed by atoms with E-state index in [4.69, 9.17) is 9.47 Å². The van der Waals surface area contributed by atoms with Crippen molar-refractivity contribution < 1.29 is 18.7 Å². The molecule has 0 spiro atoms. The third-order valence-electron chi connectivity index (χ3n) is 4.87. The Morgan fingerprint density at radius 2 is 1.88 bits per heavy atom. The molecule has 0 bridgehead atoms. The Morgan fingerprint density at radius 1 is 1.12 bits per heavy atom. The largest absolute Gasteiger partial charge is 0.490 e. The number of nitrogens with zero attached hydrogens (tertiary/aromatic N) is 1. The van der Waals surface area contributed by atoms with E-state index in [2.05, 4.69) is 26.2 Å². The monoisotopic (exact) mass is 540 g/mol. The molecule has 34 heavy (non-hydrogen) atoms. The number of amides is 1. The number of thioether (sulfide) groups is 1. The number of rotatable bonds is 7. The molecule has 4 rings (SSSR count). The van der Waals surface area contributed by atoms with E-state index >= 15 is 0 Å². The topological polar surface area (TPSA) is 59.9 Å². The zero-order chi connectivity index (χ0) is 24.1. The zero-order valence-electron chi connectivity index (χ0n) is 18.6. The second kappa shape index (κ2) is 10.9. The molecule has 3 aromatic rings. The molecule has 0 unspecified atom stereocenters. The van der Waals surface area contributed by atoms with Gasteiger partial charge in [0.1, 0.15) is 12.4 Å².